The molecule has 1 unspecified atom stereocenters. The fourth-order valence-corrected chi connectivity index (χ4v) is 2.27. The first-order valence-electron chi connectivity index (χ1n) is 5.68. The van der Waals surface area contributed by atoms with E-state index in [-0.39, 0.29) is 6.04 Å². The van der Waals surface area contributed by atoms with Crippen molar-refractivity contribution in [1.82, 2.24) is 0 Å². The van der Waals surface area contributed by atoms with E-state index in [2.05, 4.69) is 13.0 Å². The molecule has 2 N–H and O–H groups in total. The SMILES string of the molecule is Cc1cc(Cl)cc(C(N)CCC2CC2)c1. The minimum absolute atomic E-state index is 0.156. The van der Waals surface area contributed by atoms with Gasteiger partial charge in [-0.25, -0.2) is 0 Å². The molecule has 1 aromatic carbocycles. The van der Waals surface area contributed by atoms with Crippen LogP contribution in [0, 0.1) is 12.8 Å². The Morgan fingerprint density at radius 1 is 1.40 bits per heavy atom. The summed E-state index contributed by atoms with van der Waals surface area (Å²) >= 11 is 6.01. The lowest BCUT2D eigenvalue weighted by molar-refractivity contribution is 0.575. The van der Waals surface area contributed by atoms with E-state index in [1.165, 1.54) is 30.4 Å². The molecule has 1 saturated carbocycles. The summed E-state index contributed by atoms with van der Waals surface area (Å²) in [5, 5.41) is 0.798. The fraction of sp³-hybridized carbons (Fsp3) is 0.538. The van der Waals surface area contributed by atoms with Gasteiger partial charge in [-0.05, 0) is 48.9 Å². The van der Waals surface area contributed by atoms with Crippen LogP contribution in [0.25, 0.3) is 0 Å². The fourth-order valence-electron chi connectivity index (χ4n) is 1.97. The smallest absolute Gasteiger partial charge is 0.0411 e. The Balaban J connectivity index is 1.99. The van der Waals surface area contributed by atoms with E-state index in [0.717, 1.165) is 17.4 Å². The van der Waals surface area contributed by atoms with Crippen molar-refractivity contribution >= 4 is 11.6 Å². The average molecular weight is 224 g/mol. The normalized spacial score (nSPS) is 17.8. The van der Waals surface area contributed by atoms with Gasteiger partial charge in [0, 0.05) is 11.1 Å². The van der Waals surface area contributed by atoms with Crippen molar-refractivity contribution in [3.63, 3.8) is 0 Å². The predicted octanol–water partition coefficient (Wildman–Crippen LogP) is 3.84. The van der Waals surface area contributed by atoms with Gasteiger partial charge in [-0.3, -0.25) is 0 Å². The molecule has 0 heterocycles. The third kappa shape index (κ3) is 3.22. The summed E-state index contributed by atoms with van der Waals surface area (Å²) in [5.41, 5.74) is 8.53. The monoisotopic (exact) mass is 223 g/mol. The standard InChI is InChI=1S/C13H18ClN/c1-9-6-11(8-12(14)7-9)13(15)5-4-10-2-3-10/h6-8,10,13H,2-5,15H2,1H3. The lowest BCUT2D eigenvalue weighted by Crippen LogP contribution is -2.10. The Morgan fingerprint density at radius 2 is 2.13 bits per heavy atom. The van der Waals surface area contributed by atoms with Crippen molar-refractivity contribution in [1.29, 1.82) is 0 Å². The van der Waals surface area contributed by atoms with Gasteiger partial charge in [-0.1, -0.05) is 30.5 Å². The highest BCUT2D eigenvalue weighted by Crippen LogP contribution is 2.35. The van der Waals surface area contributed by atoms with Crippen molar-refractivity contribution in [2.75, 3.05) is 0 Å². The molecule has 0 spiro atoms. The molecule has 2 rings (SSSR count). The van der Waals surface area contributed by atoms with Gasteiger partial charge in [0.05, 0.1) is 0 Å². The van der Waals surface area contributed by atoms with E-state index in [1.54, 1.807) is 0 Å². The van der Waals surface area contributed by atoms with Crippen molar-refractivity contribution < 1.29 is 0 Å². The Labute approximate surface area is 96.6 Å². The number of halogens is 1. The Kier molecular flexibility index (Phi) is 3.32. The first kappa shape index (κ1) is 11.0. The van der Waals surface area contributed by atoms with Gasteiger partial charge in [0.2, 0.25) is 0 Å². The zero-order chi connectivity index (χ0) is 10.8. The van der Waals surface area contributed by atoms with Crippen LogP contribution < -0.4 is 5.73 Å². The minimum atomic E-state index is 0.156. The molecule has 0 amide bonds. The van der Waals surface area contributed by atoms with Crippen molar-refractivity contribution in [3.05, 3.63) is 34.3 Å². The minimum Gasteiger partial charge on any atom is -0.324 e. The van der Waals surface area contributed by atoms with E-state index in [1.807, 2.05) is 12.1 Å². The lowest BCUT2D eigenvalue weighted by atomic mass is 10.00. The van der Waals surface area contributed by atoms with E-state index in [9.17, 15) is 0 Å². The largest absolute Gasteiger partial charge is 0.324 e. The quantitative estimate of drug-likeness (QED) is 0.825. The highest BCUT2D eigenvalue weighted by Gasteiger charge is 2.22. The van der Waals surface area contributed by atoms with Crippen LogP contribution in [0.1, 0.15) is 42.9 Å². The second-order valence-corrected chi connectivity index (χ2v) is 5.13. The zero-order valence-electron chi connectivity index (χ0n) is 9.17. The van der Waals surface area contributed by atoms with Crippen LogP contribution in [0.15, 0.2) is 18.2 Å². The Bertz CT molecular complexity index is 324. The summed E-state index contributed by atoms with van der Waals surface area (Å²) in [7, 11) is 0. The molecule has 1 nitrogen and oxygen atoms in total. The molecule has 1 aliphatic carbocycles. The molecule has 15 heavy (non-hydrogen) atoms. The van der Waals surface area contributed by atoms with Gasteiger partial charge in [0.25, 0.3) is 0 Å². The summed E-state index contributed by atoms with van der Waals surface area (Å²) in [4.78, 5) is 0. The topological polar surface area (TPSA) is 26.0 Å². The number of aryl methyl sites for hydroxylation is 1. The molecule has 1 aliphatic rings. The third-order valence-corrected chi connectivity index (χ3v) is 3.29. The van der Waals surface area contributed by atoms with E-state index >= 15 is 0 Å². The third-order valence-electron chi connectivity index (χ3n) is 3.08. The van der Waals surface area contributed by atoms with Crippen LogP contribution in [0.2, 0.25) is 5.02 Å². The number of benzene rings is 1. The first-order chi connectivity index (χ1) is 7.15. The molecule has 0 saturated heterocycles. The second kappa shape index (κ2) is 4.54. The molecule has 1 aromatic rings. The number of hydrogen-bond donors (Lipinski definition) is 1. The lowest BCUT2D eigenvalue weighted by Gasteiger charge is -2.12. The summed E-state index contributed by atoms with van der Waals surface area (Å²) in [6.07, 6.45) is 5.17. The Morgan fingerprint density at radius 3 is 2.73 bits per heavy atom. The van der Waals surface area contributed by atoms with Gasteiger partial charge in [-0.15, -0.1) is 0 Å². The predicted molar refractivity (Wildman–Crippen MR) is 65.1 cm³/mol. The molecule has 1 atom stereocenters. The van der Waals surface area contributed by atoms with E-state index in [4.69, 9.17) is 17.3 Å². The van der Waals surface area contributed by atoms with Gasteiger partial charge in [-0.2, -0.15) is 0 Å². The molecule has 2 heteroatoms. The maximum absolute atomic E-state index is 6.15. The van der Waals surface area contributed by atoms with Crippen LogP contribution in [0.3, 0.4) is 0 Å². The van der Waals surface area contributed by atoms with Gasteiger partial charge >= 0.3 is 0 Å². The highest BCUT2D eigenvalue weighted by molar-refractivity contribution is 6.30. The molecular formula is C13H18ClN. The van der Waals surface area contributed by atoms with Crippen LogP contribution in [0.4, 0.5) is 0 Å². The number of hydrogen-bond acceptors (Lipinski definition) is 1. The number of rotatable bonds is 4. The molecular weight excluding hydrogens is 206 g/mol. The summed E-state index contributed by atoms with van der Waals surface area (Å²) in [6.45, 7) is 2.06. The summed E-state index contributed by atoms with van der Waals surface area (Å²) in [6, 6.07) is 6.26. The van der Waals surface area contributed by atoms with Crippen molar-refractivity contribution in [2.24, 2.45) is 11.7 Å². The molecule has 0 bridgehead atoms. The van der Waals surface area contributed by atoms with E-state index in [0.29, 0.717) is 0 Å². The van der Waals surface area contributed by atoms with Gasteiger partial charge in [0.15, 0.2) is 0 Å². The average Bonchev–Trinajstić information content (AvgIpc) is 2.96. The molecule has 1 fully saturated rings. The summed E-state index contributed by atoms with van der Waals surface area (Å²) in [5.74, 6) is 0.955. The van der Waals surface area contributed by atoms with Crippen LogP contribution in [0.5, 0.6) is 0 Å². The van der Waals surface area contributed by atoms with Crippen molar-refractivity contribution in [3.8, 4) is 0 Å². The van der Waals surface area contributed by atoms with Crippen LogP contribution in [-0.4, -0.2) is 0 Å². The molecule has 0 radical (unpaired) electrons. The summed E-state index contributed by atoms with van der Waals surface area (Å²) < 4.78 is 0. The molecule has 0 aromatic heterocycles. The molecule has 82 valence electrons. The zero-order valence-corrected chi connectivity index (χ0v) is 9.93. The first-order valence-corrected chi connectivity index (χ1v) is 6.05. The molecule has 0 aliphatic heterocycles. The van der Waals surface area contributed by atoms with Gasteiger partial charge in [0.1, 0.15) is 0 Å². The van der Waals surface area contributed by atoms with Crippen LogP contribution in [-0.2, 0) is 0 Å². The van der Waals surface area contributed by atoms with Crippen LogP contribution >= 0.6 is 11.6 Å². The second-order valence-electron chi connectivity index (χ2n) is 4.69. The van der Waals surface area contributed by atoms with Gasteiger partial charge < -0.3 is 5.73 Å². The Hall–Kier alpha value is -0.530. The maximum Gasteiger partial charge on any atom is 0.0411 e. The van der Waals surface area contributed by atoms with Crippen molar-refractivity contribution in [2.45, 2.75) is 38.6 Å². The highest BCUT2D eigenvalue weighted by atomic mass is 35.5. The maximum atomic E-state index is 6.15. The number of nitrogens with two attached hydrogens (primary N) is 1. The van der Waals surface area contributed by atoms with E-state index < -0.39 is 0 Å².